The largest absolute Gasteiger partial charge is 0.370 e. The second kappa shape index (κ2) is 5.24. The summed E-state index contributed by atoms with van der Waals surface area (Å²) in [4.78, 5) is 12.5. The molecular weight excluding hydrogens is 244 g/mol. The number of nitrogens with zero attached hydrogens (tertiary/aromatic N) is 3. The molecule has 0 spiro atoms. The number of nitro benzene ring substituents is 1. The number of nitro groups is 1. The van der Waals surface area contributed by atoms with Crippen molar-refractivity contribution in [1.29, 1.82) is 5.26 Å². The van der Waals surface area contributed by atoms with Gasteiger partial charge in [-0.15, -0.1) is 0 Å². The van der Waals surface area contributed by atoms with Gasteiger partial charge >= 0.3 is 0 Å². The van der Waals surface area contributed by atoms with Crippen molar-refractivity contribution in [3.63, 3.8) is 0 Å². The number of anilines is 1. The van der Waals surface area contributed by atoms with Crippen LogP contribution in [0.3, 0.4) is 0 Å². The molecule has 100 valence electrons. The molecule has 1 aromatic rings. The van der Waals surface area contributed by atoms with Crippen molar-refractivity contribution in [2.75, 3.05) is 18.0 Å². The standard InChI is InChI=1S/C13H16N4O2/c1-9-4-5-16(8-12(9)15)11-3-2-10(7-14)13(6-11)17(18)19/h2-3,6,9,12H,4-5,8,15H2,1H3. The number of nitriles is 1. The number of piperidine rings is 1. The highest BCUT2D eigenvalue weighted by Gasteiger charge is 2.25. The lowest BCUT2D eigenvalue weighted by molar-refractivity contribution is -0.385. The highest BCUT2D eigenvalue weighted by molar-refractivity contribution is 5.60. The molecule has 2 rings (SSSR count). The molecule has 0 amide bonds. The second-order valence-electron chi connectivity index (χ2n) is 4.95. The van der Waals surface area contributed by atoms with E-state index in [0.29, 0.717) is 12.5 Å². The molecule has 1 heterocycles. The third kappa shape index (κ3) is 2.66. The van der Waals surface area contributed by atoms with Crippen LogP contribution in [0.1, 0.15) is 18.9 Å². The lowest BCUT2D eigenvalue weighted by atomic mass is 9.94. The van der Waals surface area contributed by atoms with E-state index in [0.717, 1.165) is 18.7 Å². The van der Waals surface area contributed by atoms with Gasteiger partial charge in [0, 0.05) is 30.9 Å². The molecule has 2 unspecified atom stereocenters. The molecule has 1 saturated heterocycles. The van der Waals surface area contributed by atoms with Crippen LogP contribution in [0.25, 0.3) is 0 Å². The Labute approximate surface area is 111 Å². The predicted octanol–water partition coefficient (Wildman–Crippen LogP) is 1.64. The van der Waals surface area contributed by atoms with Crippen molar-refractivity contribution >= 4 is 11.4 Å². The van der Waals surface area contributed by atoms with Gasteiger partial charge in [-0.05, 0) is 24.5 Å². The van der Waals surface area contributed by atoms with Gasteiger partial charge in [-0.3, -0.25) is 10.1 Å². The first kappa shape index (κ1) is 13.3. The van der Waals surface area contributed by atoms with E-state index in [2.05, 4.69) is 6.92 Å². The topological polar surface area (TPSA) is 96.2 Å². The SMILES string of the molecule is CC1CCN(c2ccc(C#N)c([N+](=O)[O-])c2)CC1N. The van der Waals surface area contributed by atoms with Gasteiger partial charge in [-0.2, -0.15) is 5.26 Å². The molecule has 1 aliphatic rings. The Balaban J connectivity index is 2.29. The molecule has 0 aromatic heterocycles. The third-order valence-electron chi connectivity index (χ3n) is 3.68. The zero-order chi connectivity index (χ0) is 14.0. The van der Waals surface area contributed by atoms with E-state index < -0.39 is 4.92 Å². The van der Waals surface area contributed by atoms with Crippen LogP contribution in [-0.4, -0.2) is 24.1 Å². The first-order valence-corrected chi connectivity index (χ1v) is 6.22. The lowest BCUT2D eigenvalue weighted by Gasteiger charge is -2.36. The van der Waals surface area contributed by atoms with E-state index in [1.165, 1.54) is 12.1 Å². The number of rotatable bonds is 2. The molecule has 0 bridgehead atoms. The van der Waals surface area contributed by atoms with Crippen LogP contribution < -0.4 is 10.6 Å². The van der Waals surface area contributed by atoms with E-state index in [4.69, 9.17) is 11.0 Å². The molecule has 1 fully saturated rings. The third-order valence-corrected chi connectivity index (χ3v) is 3.68. The normalized spacial score (nSPS) is 22.9. The van der Waals surface area contributed by atoms with Crippen molar-refractivity contribution < 1.29 is 4.92 Å². The van der Waals surface area contributed by atoms with Crippen molar-refractivity contribution in [2.45, 2.75) is 19.4 Å². The van der Waals surface area contributed by atoms with Crippen molar-refractivity contribution in [1.82, 2.24) is 0 Å². The Morgan fingerprint density at radius 3 is 2.89 bits per heavy atom. The maximum atomic E-state index is 10.9. The summed E-state index contributed by atoms with van der Waals surface area (Å²) >= 11 is 0. The van der Waals surface area contributed by atoms with Crippen LogP contribution in [0.5, 0.6) is 0 Å². The van der Waals surface area contributed by atoms with Gasteiger partial charge in [0.2, 0.25) is 0 Å². The minimum atomic E-state index is -0.519. The highest BCUT2D eigenvalue weighted by Crippen LogP contribution is 2.28. The molecular formula is C13H16N4O2. The smallest absolute Gasteiger partial charge is 0.289 e. The summed E-state index contributed by atoms with van der Waals surface area (Å²) < 4.78 is 0. The number of nitrogens with two attached hydrogens (primary N) is 1. The van der Waals surface area contributed by atoms with E-state index in [9.17, 15) is 10.1 Å². The monoisotopic (exact) mass is 260 g/mol. The fraction of sp³-hybridized carbons (Fsp3) is 0.462. The van der Waals surface area contributed by atoms with Gasteiger partial charge in [-0.1, -0.05) is 6.92 Å². The average Bonchev–Trinajstić information content (AvgIpc) is 2.41. The Morgan fingerprint density at radius 1 is 1.58 bits per heavy atom. The van der Waals surface area contributed by atoms with Crippen LogP contribution in [-0.2, 0) is 0 Å². The quantitative estimate of drug-likeness (QED) is 0.644. The van der Waals surface area contributed by atoms with Crippen LogP contribution >= 0.6 is 0 Å². The molecule has 1 aromatic carbocycles. The van der Waals surface area contributed by atoms with Crippen LogP contribution in [0.15, 0.2) is 18.2 Å². The molecule has 1 aliphatic heterocycles. The van der Waals surface area contributed by atoms with Gasteiger partial charge in [0.1, 0.15) is 11.6 Å². The molecule has 6 nitrogen and oxygen atoms in total. The number of benzene rings is 1. The minimum Gasteiger partial charge on any atom is -0.370 e. The molecule has 0 saturated carbocycles. The zero-order valence-corrected chi connectivity index (χ0v) is 10.7. The van der Waals surface area contributed by atoms with Crippen LogP contribution in [0.4, 0.5) is 11.4 Å². The summed E-state index contributed by atoms with van der Waals surface area (Å²) in [6, 6.07) is 6.61. The van der Waals surface area contributed by atoms with Crippen molar-refractivity contribution in [2.24, 2.45) is 11.7 Å². The number of hydrogen-bond donors (Lipinski definition) is 1. The van der Waals surface area contributed by atoms with Gasteiger partial charge in [0.15, 0.2) is 0 Å². The maximum absolute atomic E-state index is 10.9. The molecule has 2 N–H and O–H groups in total. The maximum Gasteiger partial charge on any atom is 0.289 e. The Hall–Kier alpha value is -2.13. The molecule has 6 heteroatoms. The number of hydrogen-bond acceptors (Lipinski definition) is 5. The van der Waals surface area contributed by atoms with Gasteiger partial charge in [0.25, 0.3) is 5.69 Å². The first-order chi connectivity index (χ1) is 9.02. The fourth-order valence-corrected chi connectivity index (χ4v) is 2.30. The molecule has 19 heavy (non-hydrogen) atoms. The fourth-order valence-electron chi connectivity index (χ4n) is 2.30. The average molecular weight is 260 g/mol. The predicted molar refractivity (Wildman–Crippen MR) is 71.8 cm³/mol. The minimum absolute atomic E-state index is 0.0726. The zero-order valence-electron chi connectivity index (χ0n) is 10.7. The lowest BCUT2D eigenvalue weighted by Crippen LogP contribution is -2.47. The van der Waals surface area contributed by atoms with E-state index in [-0.39, 0.29) is 17.3 Å². The Morgan fingerprint density at radius 2 is 2.32 bits per heavy atom. The summed E-state index contributed by atoms with van der Waals surface area (Å²) in [7, 11) is 0. The Bertz CT molecular complexity index is 538. The van der Waals surface area contributed by atoms with Gasteiger partial charge < -0.3 is 10.6 Å². The summed E-state index contributed by atoms with van der Waals surface area (Å²) in [5, 5.41) is 19.8. The molecule has 2 atom stereocenters. The second-order valence-corrected chi connectivity index (χ2v) is 4.95. The molecule has 0 radical (unpaired) electrons. The van der Waals surface area contributed by atoms with E-state index >= 15 is 0 Å². The Kier molecular flexibility index (Phi) is 3.67. The van der Waals surface area contributed by atoms with E-state index in [1.807, 2.05) is 11.0 Å². The van der Waals surface area contributed by atoms with Gasteiger partial charge in [0.05, 0.1) is 4.92 Å². The summed E-state index contributed by atoms with van der Waals surface area (Å²) in [6.07, 6.45) is 0.967. The van der Waals surface area contributed by atoms with Crippen molar-refractivity contribution in [3.05, 3.63) is 33.9 Å². The highest BCUT2D eigenvalue weighted by atomic mass is 16.6. The van der Waals surface area contributed by atoms with Crippen molar-refractivity contribution in [3.8, 4) is 6.07 Å². The summed E-state index contributed by atoms with van der Waals surface area (Å²) in [6.45, 7) is 3.63. The first-order valence-electron chi connectivity index (χ1n) is 6.22. The van der Waals surface area contributed by atoms with Gasteiger partial charge in [-0.25, -0.2) is 0 Å². The summed E-state index contributed by atoms with van der Waals surface area (Å²) in [5.41, 5.74) is 6.73. The van der Waals surface area contributed by atoms with E-state index in [1.54, 1.807) is 6.07 Å². The van der Waals surface area contributed by atoms with Crippen LogP contribution in [0.2, 0.25) is 0 Å². The summed E-state index contributed by atoms with van der Waals surface area (Å²) in [5.74, 6) is 0.463. The molecule has 0 aliphatic carbocycles. The van der Waals surface area contributed by atoms with Crippen LogP contribution in [0, 0.1) is 27.4 Å².